The molecule has 0 saturated carbocycles. The molecular weight excluding hydrogens is 420 g/mol. The number of rotatable bonds is 6. The number of thiophene rings is 1. The molecular formula is C23H23ClN2O3S. The summed E-state index contributed by atoms with van der Waals surface area (Å²) in [6, 6.07) is 15.4. The standard InChI is InChI=1S/C23H23ClN2O3S/c1-28-19-11-15-8-9-26(14-22(27)25-17-6-3-5-16(24)12-17)23(21-7-4-10-30-21)18(15)13-20(19)29-2/h3-7,10-13,23H,8-9,14H2,1-2H3,(H,25,27)/t23-/m1/s1. The molecule has 4 rings (SSSR count). The maximum absolute atomic E-state index is 12.8. The van der Waals surface area contributed by atoms with Crippen LogP contribution in [0.1, 0.15) is 22.0 Å². The van der Waals surface area contributed by atoms with Crippen LogP contribution in [0.15, 0.2) is 53.9 Å². The Bertz CT molecular complexity index is 1040. The summed E-state index contributed by atoms with van der Waals surface area (Å²) in [5.74, 6) is 1.36. The molecule has 156 valence electrons. The van der Waals surface area contributed by atoms with Crippen molar-refractivity contribution in [2.24, 2.45) is 0 Å². The van der Waals surface area contributed by atoms with E-state index in [4.69, 9.17) is 21.1 Å². The molecule has 2 heterocycles. The second-order valence-electron chi connectivity index (χ2n) is 7.10. The van der Waals surface area contributed by atoms with Crippen LogP contribution in [0.5, 0.6) is 11.5 Å². The first-order chi connectivity index (χ1) is 14.6. The van der Waals surface area contributed by atoms with E-state index in [2.05, 4.69) is 27.7 Å². The lowest BCUT2D eigenvalue weighted by Gasteiger charge is -2.37. The molecule has 0 bridgehead atoms. The monoisotopic (exact) mass is 442 g/mol. The number of carbonyl (C=O) groups excluding carboxylic acids is 1. The van der Waals surface area contributed by atoms with Crippen molar-refractivity contribution < 1.29 is 14.3 Å². The highest BCUT2D eigenvalue weighted by Gasteiger charge is 2.32. The lowest BCUT2D eigenvalue weighted by Crippen LogP contribution is -2.40. The Kier molecular flexibility index (Phi) is 6.27. The molecule has 7 heteroatoms. The third kappa shape index (κ3) is 4.31. The van der Waals surface area contributed by atoms with Gasteiger partial charge in [-0.1, -0.05) is 23.7 Å². The van der Waals surface area contributed by atoms with E-state index in [1.807, 2.05) is 24.3 Å². The van der Waals surface area contributed by atoms with Gasteiger partial charge < -0.3 is 14.8 Å². The van der Waals surface area contributed by atoms with Gasteiger partial charge in [-0.25, -0.2) is 0 Å². The smallest absolute Gasteiger partial charge is 0.238 e. The Hall–Kier alpha value is -2.54. The molecule has 3 aromatic rings. The molecule has 2 aromatic carbocycles. The Morgan fingerprint density at radius 3 is 2.67 bits per heavy atom. The normalized spacial score (nSPS) is 16.0. The summed E-state index contributed by atoms with van der Waals surface area (Å²) in [6.07, 6.45) is 0.835. The average Bonchev–Trinajstić information content (AvgIpc) is 3.26. The summed E-state index contributed by atoms with van der Waals surface area (Å²) in [5.41, 5.74) is 3.07. The van der Waals surface area contributed by atoms with Gasteiger partial charge in [-0.2, -0.15) is 0 Å². The van der Waals surface area contributed by atoms with Crippen molar-refractivity contribution in [2.45, 2.75) is 12.5 Å². The van der Waals surface area contributed by atoms with E-state index in [-0.39, 0.29) is 18.5 Å². The van der Waals surface area contributed by atoms with Crippen LogP contribution >= 0.6 is 22.9 Å². The molecule has 1 amide bonds. The van der Waals surface area contributed by atoms with E-state index in [1.165, 1.54) is 10.4 Å². The number of hydrogen-bond acceptors (Lipinski definition) is 5. The summed E-state index contributed by atoms with van der Waals surface area (Å²) in [5, 5.41) is 5.61. The maximum Gasteiger partial charge on any atom is 0.238 e. The van der Waals surface area contributed by atoms with Gasteiger partial charge >= 0.3 is 0 Å². The fourth-order valence-electron chi connectivity index (χ4n) is 3.90. The first kappa shape index (κ1) is 20.7. The van der Waals surface area contributed by atoms with Gasteiger partial charge in [0.25, 0.3) is 0 Å². The molecule has 1 aliphatic heterocycles. The van der Waals surface area contributed by atoms with E-state index < -0.39 is 0 Å². The predicted molar refractivity (Wildman–Crippen MR) is 121 cm³/mol. The zero-order chi connectivity index (χ0) is 21.1. The third-order valence-corrected chi connectivity index (χ3v) is 6.40. The molecule has 0 unspecified atom stereocenters. The van der Waals surface area contributed by atoms with Crippen LogP contribution in [-0.2, 0) is 11.2 Å². The van der Waals surface area contributed by atoms with E-state index >= 15 is 0 Å². The van der Waals surface area contributed by atoms with Crippen molar-refractivity contribution in [3.05, 3.63) is 74.9 Å². The Balaban J connectivity index is 1.63. The zero-order valence-electron chi connectivity index (χ0n) is 16.9. The molecule has 1 atom stereocenters. The number of anilines is 1. The molecule has 0 radical (unpaired) electrons. The van der Waals surface area contributed by atoms with Gasteiger partial charge in [-0.3, -0.25) is 9.69 Å². The molecule has 0 saturated heterocycles. The van der Waals surface area contributed by atoms with Gasteiger partial charge in [0.05, 0.1) is 26.8 Å². The second-order valence-corrected chi connectivity index (χ2v) is 8.52. The minimum Gasteiger partial charge on any atom is -0.493 e. The molecule has 0 spiro atoms. The molecule has 0 fully saturated rings. The van der Waals surface area contributed by atoms with E-state index in [9.17, 15) is 4.79 Å². The fourth-order valence-corrected chi connectivity index (χ4v) is 4.97. The van der Waals surface area contributed by atoms with Crippen molar-refractivity contribution >= 4 is 34.5 Å². The van der Waals surface area contributed by atoms with Gasteiger partial charge in [-0.05, 0) is 59.3 Å². The number of carbonyl (C=O) groups is 1. The Labute approximate surface area is 185 Å². The first-order valence-electron chi connectivity index (χ1n) is 9.66. The van der Waals surface area contributed by atoms with Crippen molar-refractivity contribution in [1.29, 1.82) is 0 Å². The van der Waals surface area contributed by atoms with Crippen molar-refractivity contribution in [3.8, 4) is 11.5 Å². The number of halogens is 1. The quantitative estimate of drug-likeness (QED) is 0.583. The number of benzene rings is 2. The van der Waals surface area contributed by atoms with Crippen LogP contribution in [0.2, 0.25) is 5.02 Å². The van der Waals surface area contributed by atoms with E-state index in [0.29, 0.717) is 16.5 Å². The van der Waals surface area contributed by atoms with E-state index in [1.54, 1.807) is 37.7 Å². The molecule has 5 nitrogen and oxygen atoms in total. The minimum atomic E-state index is -0.0669. The Morgan fingerprint density at radius 2 is 1.97 bits per heavy atom. The third-order valence-electron chi connectivity index (χ3n) is 5.24. The van der Waals surface area contributed by atoms with Crippen molar-refractivity contribution in [2.75, 3.05) is 32.6 Å². The van der Waals surface area contributed by atoms with Gasteiger partial charge in [0, 0.05) is 22.1 Å². The number of nitrogens with one attached hydrogen (secondary N) is 1. The number of amides is 1. The molecule has 1 N–H and O–H groups in total. The average molecular weight is 443 g/mol. The van der Waals surface area contributed by atoms with Crippen LogP contribution in [0.4, 0.5) is 5.69 Å². The van der Waals surface area contributed by atoms with Crippen LogP contribution in [-0.4, -0.2) is 38.1 Å². The molecule has 30 heavy (non-hydrogen) atoms. The summed E-state index contributed by atoms with van der Waals surface area (Å²) in [4.78, 5) is 16.2. The highest BCUT2D eigenvalue weighted by Crippen LogP contribution is 2.42. The number of hydrogen-bond donors (Lipinski definition) is 1. The van der Waals surface area contributed by atoms with E-state index in [0.717, 1.165) is 24.3 Å². The molecule has 1 aromatic heterocycles. The Morgan fingerprint density at radius 1 is 1.17 bits per heavy atom. The topological polar surface area (TPSA) is 50.8 Å². The summed E-state index contributed by atoms with van der Waals surface area (Å²) in [7, 11) is 3.29. The number of methoxy groups -OCH3 is 2. The second kappa shape index (κ2) is 9.08. The van der Waals surface area contributed by atoms with Crippen LogP contribution in [0.3, 0.4) is 0 Å². The van der Waals surface area contributed by atoms with Crippen molar-refractivity contribution in [1.82, 2.24) is 4.90 Å². The minimum absolute atomic E-state index is 0.0151. The SMILES string of the molecule is COc1cc2c(cc1OC)[C@H](c1cccs1)N(CC(=O)Nc1cccc(Cl)c1)CC2. The first-order valence-corrected chi connectivity index (χ1v) is 10.9. The predicted octanol–water partition coefficient (Wildman–Crippen LogP) is 5.00. The zero-order valence-corrected chi connectivity index (χ0v) is 18.4. The van der Waals surface area contributed by atoms with Crippen LogP contribution < -0.4 is 14.8 Å². The van der Waals surface area contributed by atoms with Crippen LogP contribution in [0.25, 0.3) is 0 Å². The largest absolute Gasteiger partial charge is 0.493 e. The number of fused-ring (bicyclic) bond motifs is 1. The maximum atomic E-state index is 12.8. The summed E-state index contributed by atoms with van der Waals surface area (Å²) >= 11 is 7.73. The number of ether oxygens (including phenoxy) is 2. The number of nitrogens with zero attached hydrogens (tertiary/aromatic N) is 1. The molecule has 1 aliphatic rings. The van der Waals surface area contributed by atoms with Gasteiger partial charge in [0.2, 0.25) is 5.91 Å². The highest BCUT2D eigenvalue weighted by molar-refractivity contribution is 7.10. The van der Waals surface area contributed by atoms with Crippen LogP contribution in [0, 0.1) is 0 Å². The lowest BCUT2D eigenvalue weighted by atomic mass is 9.91. The highest BCUT2D eigenvalue weighted by atomic mass is 35.5. The summed E-state index contributed by atoms with van der Waals surface area (Å²) in [6.45, 7) is 1.05. The van der Waals surface area contributed by atoms with Gasteiger partial charge in [0.1, 0.15) is 0 Å². The van der Waals surface area contributed by atoms with Crippen molar-refractivity contribution in [3.63, 3.8) is 0 Å². The van der Waals surface area contributed by atoms with Gasteiger partial charge in [0.15, 0.2) is 11.5 Å². The van der Waals surface area contributed by atoms with Gasteiger partial charge in [-0.15, -0.1) is 11.3 Å². The summed E-state index contributed by atoms with van der Waals surface area (Å²) < 4.78 is 11.0. The fraction of sp³-hybridized carbons (Fsp3) is 0.261. The molecule has 0 aliphatic carbocycles. The lowest BCUT2D eigenvalue weighted by molar-refractivity contribution is -0.117.